The van der Waals surface area contributed by atoms with Gasteiger partial charge in [0.15, 0.2) is 5.78 Å². The average molecular weight is 558 g/mol. The summed E-state index contributed by atoms with van der Waals surface area (Å²) >= 11 is 0. The molecule has 2 aliphatic carbocycles. The van der Waals surface area contributed by atoms with Gasteiger partial charge in [-0.3, -0.25) is 19.2 Å². The lowest BCUT2D eigenvalue weighted by atomic mass is 9.79. The van der Waals surface area contributed by atoms with E-state index >= 15 is 0 Å². The molecule has 3 aliphatic rings. The highest BCUT2D eigenvalue weighted by Crippen LogP contribution is 2.34. The molecule has 4 atom stereocenters. The zero-order valence-electron chi connectivity index (χ0n) is 23.7. The summed E-state index contributed by atoms with van der Waals surface area (Å²) in [6.45, 7) is 3.66. The summed E-state index contributed by atoms with van der Waals surface area (Å²) in [5.74, 6) is -0.508. The van der Waals surface area contributed by atoms with Crippen molar-refractivity contribution < 1.29 is 33.8 Å². The first kappa shape index (κ1) is 30.0. The fourth-order valence-corrected chi connectivity index (χ4v) is 5.42. The van der Waals surface area contributed by atoms with E-state index in [-0.39, 0.29) is 30.1 Å². The number of epoxide rings is 1. The highest BCUT2D eigenvalue weighted by atomic mass is 16.6. The smallest absolute Gasteiger partial charge is 0.243 e. The van der Waals surface area contributed by atoms with Crippen LogP contribution in [-0.2, 0) is 30.3 Å². The van der Waals surface area contributed by atoms with Crippen LogP contribution in [0.15, 0.2) is 24.3 Å². The lowest BCUT2D eigenvalue weighted by Gasteiger charge is -2.31. The van der Waals surface area contributed by atoms with Crippen LogP contribution in [0.25, 0.3) is 0 Å². The first-order valence-corrected chi connectivity index (χ1v) is 14.5. The fourth-order valence-electron chi connectivity index (χ4n) is 5.42. The molecule has 10 nitrogen and oxygen atoms in total. The van der Waals surface area contributed by atoms with E-state index in [2.05, 4.69) is 16.0 Å². The summed E-state index contributed by atoms with van der Waals surface area (Å²) in [5, 5.41) is 18.2. The van der Waals surface area contributed by atoms with Gasteiger partial charge >= 0.3 is 0 Å². The third-order valence-electron chi connectivity index (χ3n) is 8.58. The molecule has 1 aromatic carbocycles. The Balaban J connectivity index is 1.44. The second-order valence-corrected chi connectivity index (χ2v) is 11.8. The van der Waals surface area contributed by atoms with Gasteiger partial charge in [0.2, 0.25) is 17.7 Å². The zero-order valence-corrected chi connectivity index (χ0v) is 23.7. The maximum atomic E-state index is 13.6. The van der Waals surface area contributed by atoms with Crippen LogP contribution in [0.1, 0.15) is 70.8 Å². The minimum absolute atomic E-state index is 0.138. The van der Waals surface area contributed by atoms with Gasteiger partial charge in [0.1, 0.15) is 23.4 Å². The SMILES string of the molecule is COc1ccc(C[C@H](NC(=O)[C@@H](C)NC(=O)C2CCC(O)CC2)C(=O)N[C@@H](CC2CCC2)C(=O)[C@]2(C)CO2)cc1. The first-order chi connectivity index (χ1) is 19.1. The Hall–Kier alpha value is -2.98. The van der Waals surface area contributed by atoms with Crippen LogP contribution in [-0.4, -0.2) is 72.2 Å². The number of amides is 3. The third-order valence-corrected chi connectivity index (χ3v) is 8.58. The molecule has 3 amide bonds. The van der Waals surface area contributed by atoms with E-state index in [9.17, 15) is 24.3 Å². The van der Waals surface area contributed by atoms with E-state index in [4.69, 9.17) is 9.47 Å². The minimum Gasteiger partial charge on any atom is -0.497 e. The normalized spacial score (nSPS) is 26.4. The monoisotopic (exact) mass is 557 g/mol. The van der Waals surface area contributed by atoms with E-state index in [1.54, 1.807) is 33.1 Å². The maximum absolute atomic E-state index is 13.6. The van der Waals surface area contributed by atoms with Gasteiger partial charge in [0.25, 0.3) is 0 Å². The molecule has 0 aromatic heterocycles. The highest BCUT2D eigenvalue weighted by molar-refractivity contribution is 5.98. The number of aliphatic hydroxyl groups is 1. The van der Waals surface area contributed by atoms with Crippen molar-refractivity contribution in [3.63, 3.8) is 0 Å². The van der Waals surface area contributed by atoms with Gasteiger partial charge < -0.3 is 30.5 Å². The molecule has 4 rings (SSSR count). The maximum Gasteiger partial charge on any atom is 0.243 e. The third kappa shape index (κ3) is 7.81. The molecule has 0 radical (unpaired) electrons. The van der Waals surface area contributed by atoms with Crippen molar-refractivity contribution in [1.82, 2.24) is 16.0 Å². The lowest BCUT2D eigenvalue weighted by Crippen LogP contribution is -2.57. The van der Waals surface area contributed by atoms with Crippen molar-refractivity contribution in [2.75, 3.05) is 13.7 Å². The van der Waals surface area contributed by atoms with E-state index in [0.717, 1.165) is 24.8 Å². The average Bonchev–Trinajstić information content (AvgIpc) is 3.67. The molecule has 40 heavy (non-hydrogen) atoms. The molecule has 0 unspecified atom stereocenters. The Labute approximate surface area is 235 Å². The van der Waals surface area contributed by atoms with Gasteiger partial charge in [0.05, 0.1) is 25.9 Å². The van der Waals surface area contributed by atoms with Crippen molar-refractivity contribution in [1.29, 1.82) is 0 Å². The standard InChI is InChI=1S/C30H43N3O7/c1-18(31-28(37)21-9-11-22(34)12-10-21)27(36)33-25(16-20-7-13-23(39-3)14-8-20)29(38)32-24(15-19-5-4-6-19)26(35)30(2)17-40-30/h7-8,13-14,18-19,21-22,24-25,34H,4-6,9-12,15-17H2,1-3H3,(H,31,37)(H,32,38)(H,33,36)/t18-,21?,22?,24+,25+,30+/m1/s1. The van der Waals surface area contributed by atoms with Gasteiger partial charge in [0, 0.05) is 12.3 Å². The van der Waals surface area contributed by atoms with E-state index in [1.165, 1.54) is 0 Å². The predicted molar refractivity (Wildman–Crippen MR) is 147 cm³/mol. The van der Waals surface area contributed by atoms with Crippen LogP contribution in [0.3, 0.4) is 0 Å². The molecule has 1 aromatic rings. The number of nitrogens with one attached hydrogen (secondary N) is 3. The van der Waals surface area contributed by atoms with Gasteiger partial charge in [-0.1, -0.05) is 31.4 Å². The number of methoxy groups -OCH3 is 1. The number of aliphatic hydroxyl groups excluding tert-OH is 1. The number of hydrogen-bond acceptors (Lipinski definition) is 7. The lowest BCUT2D eigenvalue weighted by molar-refractivity contribution is -0.135. The molecule has 4 N–H and O–H groups in total. The summed E-state index contributed by atoms with van der Waals surface area (Å²) in [6, 6.07) is 4.69. The van der Waals surface area contributed by atoms with Crippen LogP contribution in [0, 0.1) is 11.8 Å². The van der Waals surface area contributed by atoms with E-state index in [0.29, 0.717) is 50.4 Å². The predicted octanol–water partition coefficient (Wildman–Crippen LogP) is 1.81. The number of ether oxygens (including phenoxy) is 2. The van der Waals surface area contributed by atoms with Crippen molar-refractivity contribution >= 4 is 23.5 Å². The quantitative estimate of drug-likeness (QED) is 0.271. The Bertz CT molecular complexity index is 1060. The van der Waals surface area contributed by atoms with Gasteiger partial charge in [-0.2, -0.15) is 0 Å². The number of ketones is 1. The zero-order chi connectivity index (χ0) is 28.9. The molecule has 0 spiro atoms. The van der Waals surface area contributed by atoms with Gasteiger partial charge in [-0.15, -0.1) is 0 Å². The minimum atomic E-state index is -0.963. The van der Waals surface area contributed by atoms with E-state index < -0.39 is 35.5 Å². The van der Waals surface area contributed by atoms with Crippen LogP contribution in [0.2, 0.25) is 0 Å². The summed E-state index contributed by atoms with van der Waals surface area (Å²) in [7, 11) is 1.57. The van der Waals surface area contributed by atoms with Gasteiger partial charge in [-0.05, 0) is 69.6 Å². The summed E-state index contributed by atoms with van der Waals surface area (Å²) in [5.41, 5.74) is -0.0669. The fraction of sp³-hybridized carbons (Fsp3) is 0.667. The molecular formula is C30H43N3O7. The number of benzene rings is 1. The molecule has 0 bridgehead atoms. The second kappa shape index (κ2) is 13.1. The summed E-state index contributed by atoms with van der Waals surface area (Å²) in [6.07, 6.45) is 5.81. The molecule has 1 saturated heterocycles. The largest absolute Gasteiger partial charge is 0.497 e. The van der Waals surface area contributed by atoms with Crippen LogP contribution < -0.4 is 20.7 Å². The van der Waals surface area contributed by atoms with Gasteiger partial charge in [-0.25, -0.2) is 0 Å². The Morgan fingerprint density at radius 2 is 1.60 bits per heavy atom. The Morgan fingerprint density at radius 3 is 2.15 bits per heavy atom. The number of hydrogen-bond donors (Lipinski definition) is 4. The molecule has 1 heterocycles. The molecule has 10 heteroatoms. The topological polar surface area (TPSA) is 146 Å². The molecule has 1 aliphatic heterocycles. The van der Waals surface area contributed by atoms with Crippen LogP contribution in [0.4, 0.5) is 0 Å². The molecule has 2 saturated carbocycles. The van der Waals surface area contributed by atoms with Crippen molar-refractivity contribution in [3.05, 3.63) is 29.8 Å². The van der Waals surface area contributed by atoms with Crippen LogP contribution >= 0.6 is 0 Å². The second-order valence-electron chi connectivity index (χ2n) is 11.8. The number of carbonyl (C=O) groups excluding carboxylic acids is 4. The van der Waals surface area contributed by atoms with Crippen molar-refractivity contribution in [2.45, 2.75) is 101 Å². The number of Topliss-reactive ketones (excluding diaryl/α,β-unsaturated/α-hetero) is 1. The van der Waals surface area contributed by atoms with E-state index in [1.807, 2.05) is 12.1 Å². The summed E-state index contributed by atoms with van der Waals surface area (Å²) < 4.78 is 10.6. The van der Waals surface area contributed by atoms with Crippen molar-refractivity contribution in [3.8, 4) is 5.75 Å². The van der Waals surface area contributed by atoms with Crippen molar-refractivity contribution in [2.24, 2.45) is 11.8 Å². The van der Waals surface area contributed by atoms with Crippen LogP contribution in [0.5, 0.6) is 5.75 Å². The summed E-state index contributed by atoms with van der Waals surface area (Å²) in [4.78, 5) is 52.8. The molecule has 3 fully saturated rings. The Kier molecular flexibility index (Phi) is 9.84. The number of carbonyl (C=O) groups is 4. The highest BCUT2D eigenvalue weighted by Gasteiger charge is 2.50. The molecular weight excluding hydrogens is 514 g/mol. The molecule has 220 valence electrons. The first-order valence-electron chi connectivity index (χ1n) is 14.5. The number of rotatable bonds is 13. The Morgan fingerprint density at radius 1 is 0.975 bits per heavy atom.